The Morgan fingerprint density at radius 3 is 1.52 bits per heavy atom. The fourth-order valence-corrected chi connectivity index (χ4v) is 9.14. The van der Waals surface area contributed by atoms with Crippen LogP contribution in [0, 0.1) is 0 Å². The highest BCUT2D eigenvalue weighted by Gasteiger charge is 2.35. The monoisotopic (exact) mass is 767 g/mol. The van der Waals surface area contributed by atoms with E-state index in [4.69, 9.17) is 9.97 Å². The zero-order valence-corrected chi connectivity index (χ0v) is 33.5. The number of hydrogen-bond acceptors (Lipinski definition) is 3. The second kappa shape index (κ2) is 14.3. The van der Waals surface area contributed by atoms with Crippen molar-refractivity contribution in [2.45, 2.75) is 19.3 Å². The van der Waals surface area contributed by atoms with E-state index in [2.05, 4.69) is 219 Å². The lowest BCUT2D eigenvalue weighted by Crippen LogP contribution is -2.16. The largest absolute Gasteiger partial charge is 0.310 e. The molecule has 284 valence electrons. The van der Waals surface area contributed by atoms with E-state index in [1.807, 2.05) is 12.1 Å². The molecule has 0 spiro atoms. The molecule has 1 heterocycles. The first-order valence-corrected chi connectivity index (χ1v) is 20.7. The van der Waals surface area contributed by atoms with Crippen molar-refractivity contribution in [2.24, 2.45) is 0 Å². The number of aromatic nitrogens is 2. The van der Waals surface area contributed by atoms with Gasteiger partial charge in [0.05, 0.1) is 22.4 Å². The van der Waals surface area contributed by atoms with Gasteiger partial charge in [-0.15, -0.1) is 0 Å². The van der Waals surface area contributed by atoms with Crippen LogP contribution in [0.3, 0.4) is 0 Å². The van der Waals surface area contributed by atoms with Gasteiger partial charge in [-0.1, -0.05) is 178 Å². The van der Waals surface area contributed by atoms with Crippen LogP contribution in [0.4, 0.5) is 17.1 Å². The average Bonchev–Trinajstić information content (AvgIpc) is 3.55. The van der Waals surface area contributed by atoms with Crippen LogP contribution >= 0.6 is 0 Å². The van der Waals surface area contributed by atoms with Gasteiger partial charge in [-0.05, 0) is 98.4 Å². The number of rotatable bonds is 7. The van der Waals surface area contributed by atoms with Crippen molar-refractivity contribution in [1.82, 2.24) is 9.97 Å². The molecular formula is C57H41N3. The lowest BCUT2D eigenvalue weighted by molar-refractivity contribution is 0.660. The van der Waals surface area contributed by atoms with E-state index < -0.39 is 0 Å². The number of nitrogens with zero attached hydrogens (tertiary/aromatic N) is 3. The number of anilines is 3. The van der Waals surface area contributed by atoms with Crippen molar-refractivity contribution >= 4 is 38.9 Å². The molecule has 0 atom stereocenters. The molecule has 0 fully saturated rings. The Kier molecular flexibility index (Phi) is 8.49. The summed E-state index contributed by atoms with van der Waals surface area (Å²) in [6.07, 6.45) is 0. The fourth-order valence-electron chi connectivity index (χ4n) is 9.14. The van der Waals surface area contributed by atoms with Crippen LogP contribution in [-0.4, -0.2) is 9.97 Å². The van der Waals surface area contributed by atoms with Crippen molar-refractivity contribution in [2.75, 3.05) is 4.90 Å². The standard InChI is InChI=1S/C57H41N3/c1-57(2)51-21-13-12-20-49(51)50-34-32-47(37-52(50)57)60(45-28-22-39(23-29-45)38-14-6-3-7-15-38)46-30-24-40(25-31-46)43-26-33-48-44(36-43)27-35-53-56(48)59-55(42-18-10-5-11-19-42)54(58-53)41-16-8-4-9-17-41/h3-37H,1-2H3. The zero-order chi connectivity index (χ0) is 40.2. The molecule has 11 rings (SSSR count). The molecule has 0 aliphatic heterocycles. The maximum atomic E-state index is 5.34. The lowest BCUT2D eigenvalue weighted by atomic mass is 9.82. The average molecular weight is 768 g/mol. The first-order chi connectivity index (χ1) is 29.5. The van der Waals surface area contributed by atoms with E-state index in [1.54, 1.807) is 0 Å². The maximum Gasteiger partial charge on any atom is 0.0973 e. The Morgan fingerprint density at radius 2 is 0.867 bits per heavy atom. The molecule has 60 heavy (non-hydrogen) atoms. The Hall–Kier alpha value is -7.62. The summed E-state index contributed by atoms with van der Waals surface area (Å²) in [6.45, 7) is 4.69. The summed E-state index contributed by atoms with van der Waals surface area (Å²) in [7, 11) is 0. The SMILES string of the molecule is CC1(C)c2ccccc2-c2ccc(N(c3ccc(-c4ccccc4)cc3)c3ccc(-c4ccc5c(ccc6nc(-c7ccccc7)c(-c7ccccc7)nc65)c4)cc3)cc21. The third-order valence-electron chi connectivity index (χ3n) is 12.3. The highest BCUT2D eigenvalue weighted by Crippen LogP contribution is 2.50. The second-order valence-electron chi connectivity index (χ2n) is 16.2. The Balaban J connectivity index is 0.980. The predicted octanol–water partition coefficient (Wildman–Crippen LogP) is 15.2. The number of benzene rings is 9. The van der Waals surface area contributed by atoms with Gasteiger partial charge >= 0.3 is 0 Å². The molecule has 3 nitrogen and oxygen atoms in total. The van der Waals surface area contributed by atoms with Crippen LogP contribution in [0.5, 0.6) is 0 Å². The van der Waals surface area contributed by atoms with Crippen LogP contribution in [0.15, 0.2) is 212 Å². The summed E-state index contributed by atoms with van der Waals surface area (Å²) in [6, 6.07) is 76.1. The number of fused-ring (bicyclic) bond motifs is 6. The van der Waals surface area contributed by atoms with E-state index in [1.165, 1.54) is 33.4 Å². The topological polar surface area (TPSA) is 29.0 Å². The van der Waals surface area contributed by atoms with E-state index >= 15 is 0 Å². The van der Waals surface area contributed by atoms with Crippen molar-refractivity contribution in [3.63, 3.8) is 0 Å². The molecule has 9 aromatic carbocycles. The molecule has 0 amide bonds. The highest BCUT2D eigenvalue weighted by molar-refractivity contribution is 6.06. The first-order valence-electron chi connectivity index (χ1n) is 20.7. The van der Waals surface area contributed by atoms with Gasteiger partial charge in [0.15, 0.2) is 0 Å². The van der Waals surface area contributed by atoms with Crippen LogP contribution in [0.1, 0.15) is 25.0 Å². The van der Waals surface area contributed by atoms with Crippen molar-refractivity contribution in [1.29, 1.82) is 0 Å². The summed E-state index contributed by atoms with van der Waals surface area (Å²) in [5, 5.41) is 2.22. The Bertz CT molecular complexity index is 3190. The van der Waals surface area contributed by atoms with Crippen molar-refractivity contribution < 1.29 is 0 Å². The molecule has 0 radical (unpaired) electrons. The van der Waals surface area contributed by atoms with Gasteiger partial charge in [0.25, 0.3) is 0 Å². The van der Waals surface area contributed by atoms with Crippen LogP contribution < -0.4 is 4.90 Å². The fraction of sp³-hybridized carbons (Fsp3) is 0.0526. The van der Waals surface area contributed by atoms with Gasteiger partial charge in [0.1, 0.15) is 0 Å². The molecule has 0 bridgehead atoms. The summed E-state index contributed by atoms with van der Waals surface area (Å²) >= 11 is 0. The molecule has 1 aliphatic carbocycles. The first kappa shape index (κ1) is 35.5. The second-order valence-corrected chi connectivity index (χ2v) is 16.2. The molecule has 0 N–H and O–H groups in total. The van der Waals surface area contributed by atoms with E-state index in [-0.39, 0.29) is 5.41 Å². The molecule has 0 unspecified atom stereocenters. The minimum atomic E-state index is -0.102. The van der Waals surface area contributed by atoms with Gasteiger partial charge in [-0.2, -0.15) is 0 Å². The van der Waals surface area contributed by atoms with Gasteiger partial charge in [0.2, 0.25) is 0 Å². The summed E-state index contributed by atoms with van der Waals surface area (Å²) in [5.74, 6) is 0. The quantitative estimate of drug-likeness (QED) is 0.151. The van der Waals surface area contributed by atoms with Gasteiger partial charge in [0, 0.05) is 39.0 Å². The minimum absolute atomic E-state index is 0.102. The molecule has 1 aliphatic rings. The zero-order valence-electron chi connectivity index (χ0n) is 33.5. The maximum absolute atomic E-state index is 5.34. The lowest BCUT2D eigenvalue weighted by Gasteiger charge is -2.28. The van der Waals surface area contributed by atoms with Gasteiger partial charge in [-0.25, -0.2) is 9.97 Å². The molecule has 3 heteroatoms. The molecule has 10 aromatic rings. The molecule has 0 saturated carbocycles. The third kappa shape index (κ3) is 6.06. The van der Waals surface area contributed by atoms with E-state index in [0.717, 1.165) is 72.5 Å². The smallest absolute Gasteiger partial charge is 0.0973 e. The van der Waals surface area contributed by atoms with Crippen LogP contribution in [0.25, 0.3) is 77.7 Å². The highest BCUT2D eigenvalue weighted by atomic mass is 15.1. The van der Waals surface area contributed by atoms with Gasteiger partial charge in [-0.3, -0.25) is 0 Å². The summed E-state index contributed by atoms with van der Waals surface area (Å²) in [5.41, 5.74) is 19.0. The molecule has 1 aromatic heterocycles. The van der Waals surface area contributed by atoms with Crippen molar-refractivity contribution in [3.05, 3.63) is 223 Å². The van der Waals surface area contributed by atoms with E-state index in [0.29, 0.717) is 0 Å². The Labute approximate surface area is 350 Å². The minimum Gasteiger partial charge on any atom is -0.310 e. The van der Waals surface area contributed by atoms with E-state index in [9.17, 15) is 0 Å². The Morgan fingerprint density at radius 1 is 0.367 bits per heavy atom. The van der Waals surface area contributed by atoms with Crippen LogP contribution in [0.2, 0.25) is 0 Å². The molecular weight excluding hydrogens is 727 g/mol. The van der Waals surface area contributed by atoms with Crippen molar-refractivity contribution in [3.8, 4) is 55.9 Å². The van der Waals surface area contributed by atoms with Crippen LogP contribution in [-0.2, 0) is 5.41 Å². The predicted molar refractivity (Wildman–Crippen MR) is 251 cm³/mol. The third-order valence-corrected chi connectivity index (χ3v) is 12.3. The van der Waals surface area contributed by atoms with Gasteiger partial charge < -0.3 is 4.90 Å². The summed E-state index contributed by atoms with van der Waals surface area (Å²) in [4.78, 5) is 12.9. The molecule has 0 saturated heterocycles. The summed E-state index contributed by atoms with van der Waals surface area (Å²) < 4.78 is 0. The number of hydrogen-bond donors (Lipinski definition) is 0. The normalized spacial score (nSPS) is 12.6.